The monoisotopic (exact) mass is 186 g/mol. The lowest BCUT2D eigenvalue weighted by Crippen LogP contribution is -2.00. The first-order valence-electron chi connectivity index (χ1n) is 4.57. The van der Waals surface area contributed by atoms with Gasteiger partial charge in [0.1, 0.15) is 0 Å². The van der Waals surface area contributed by atoms with Crippen molar-refractivity contribution in [3.63, 3.8) is 0 Å². The Morgan fingerprint density at radius 3 is 3.08 bits per heavy atom. The van der Waals surface area contributed by atoms with E-state index < -0.39 is 0 Å². The Morgan fingerprint density at radius 1 is 1.50 bits per heavy atom. The molecular weight excluding hydrogens is 168 g/mol. The van der Waals surface area contributed by atoms with E-state index in [9.17, 15) is 0 Å². The fourth-order valence-corrected chi connectivity index (χ4v) is 1.62. The van der Waals surface area contributed by atoms with Crippen LogP contribution in [0.5, 0.6) is 0 Å². The second-order valence-corrected chi connectivity index (χ2v) is 3.72. The van der Waals surface area contributed by atoms with Crippen LogP contribution in [0.2, 0.25) is 0 Å². The van der Waals surface area contributed by atoms with E-state index in [1.54, 1.807) is 11.3 Å². The summed E-state index contributed by atoms with van der Waals surface area (Å²) in [5, 5.41) is 6.33. The second-order valence-electron chi connectivity index (χ2n) is 2.82. The number of aromatic nitrogens is 1. The number of hydrogen-bond donors (Lipinski definition) is 1. The van der Waals surface area contributed by atoms with Crippen LogP contribution in [-0.4, -0.2) is 11.5 Å². The van der Waals surface area contributed by atoms with Gasteiger partial charge in [0.05, 0.1) is 0 Å². The molecule has 1 rings (SSSR count). The van der Waals surface area contributed by atoms with Crippen LogP contribution < -0.4 is 5.32 Å². The number of nitrogens with one attached hydrogen (secondary N) is 1. The minimum absolute atomic E-state index is 0. The molecule has 0 bridgehead atoms. The number of anilines is 1. The van der Waals surface area contributed by atoms with Gasteiger partial charge in [0, 0.05) is 19.5 Å². The molecule has 12 heavy (non-hydrogen) atoms. The third-order valence-electron chi connectivity index (χ3n) is 1.74. The summed E-state index contributed by atoms with van der Waals surface area (Å²) in [5.74, 6) is 0. The molecule has 3 heteroatoms. The molecular formula is C9H18N2S. The lowest BCUT2D eigenvalue weighted by Gasteiger charge is -2.00. The molecule has 0 radical (unpaired) electrons. The molecule has 0 unspecified atom stereocenters. The topological polar surface area (TPSA) is 24.9 Å². The Labute approximate surface area is 79.5 Å². The molecule has 1 heterocycles. The Bertz CT molecular complexity index is 190. The molecule has 0 saturated carbocycles. The smallest absolute Gasteiger partial charge is 0.182 e. The molecule has 1 N–H and O–H groups in total. The van der Waals surface area contributed by atoms with E-state index in [0.29, 0.717) is 0 Å². The Morgan fingerprint density at radius 2 is 2.42 bits per heavy atom. The first-order chi connectivity index (χ1) is 5.93. The van der Waals surface area contributed by atoms with Crippen molar-refractivity contribution < 1.29 is 1.43 Å². The van der Waals surface area contributed by atoms with Crippen molar-refractivity contribution in [2.45, 2.75) is 32.6 Å². The van der Waals surface area contributed by atoms with Gasteiger partial charge in [-0.15, -0.1) is 11.3 Å². The van der Waals surface area contributed by atoms with Gasteiger partial charge in [0.2, 0.25) is 0 Å². The van der Waals surface area contributed by atoms with Gasteiger partial charge in [-0.1, -0.05) is 26.2 Å². The molecule has 1 aromatic rings. The van der Waals surface area contributed by atoms with Crippen molar-refractivity contribution in [2.75, 3.05) is 11.9 Å². The SMILES string of the molecule is CCCCCCNc1nccs1.[HH]. The average Bonchev–Trinajstić information content (AvgIpc) is 2.57. The van der Waals surface area contributed by atoms with Gasteiger partial charge in [-0.2, -0.15) is 0 Å². The number of unbranched alkanes of at least 4 members (excludes halogenated alkanes) is 3. The zero-order valence-corrected chi connectivity index (χ0v) is 8.36. The molecule has 0 aromatic carbocycles. The summed E-state index contributed by atoms with van der Waals surface area (Å²) in [5.41, 5.74) is 0. The van der Waals surface area contributed by atoms with Gasteiger partial charge < -0.3 is 5.32 Å². The zero-order valence-electron chi connectivity index (χ0n) is 7.55. The fourth-order valence-electron chi connectivity index (χ4n) is 1.06. The fraction of sp³-hybridized carbons (Fsp3) is 0.667. The number of nitrogens with zero attached hydrogens (tertiary/aromatic N) is 1. The molecule has 0 spiro atoms. The maximum atomic E-state index is 4.14. The van der Waals surface area contributed by atoms with Crippen molar-refractivity contribution in [1.82, 2.24) is 4.98 Å². The van der Waals surface area contributed by atoms with E-state index in [-0.39, 0.29) is 1.43 Å². The number of rotatable bonds is 6. The number of hydrogen-bond acceptors (Lipinski definition) is 3. The molecule has 0 amide bonds. The van der Waals surface area contributed by atoms with Gasteiger partial charge in [0.15, 0.2) is 5.13 Å². The molecule has 0 atom stereocenters. The molecule has 2 nitrogen and oxygen atoms in total. The van der Waals surface area contributed by atoms with E-state index in [4.69, 9.17) is 0 Å². The highest BCUT2D eigenvalue weighted by atomic mass is 32.1. The standard InChI is InChI=1S/C9H16N2S.H2/c1-2-3-4-5-6-10-9-11-7-8-12-9;/h7-8H,2-6H2,1H3,(H,10,11);1H. The first-order valence-corrected chi connectivity index (χ1v) is 5.45. The van der Waals surface area contributed by atoms with Gasteiger partial charge >= 0.3 is 0 Å². The van der Waals surface area contributed by atoms with Crippen LogP contribution in [0, 0.1) is 0 Å². The minimum atomic E-state index is 0. The van der Waals surface area contributed by atoms with E-state index in [0.717, 1.165) is 11.7 Å². The normalized spacial score (nSPS) is 10.1. The van der Waals surface area contributed by atoms with Crippen LogP contribution in [0.4, 0.5) is 5.13 Å². The minimum Gasteiger partial charge on any atom is -0.362 e. The summed E-state index contributed by atoms with van der Waals surface area (Å²) in [7, 11) is 0. The highest BCUT2D eigenvalue weighted by Gasteiger charge is 1.92. The van der Waals surface area contributed by atoms with Gasteiger partial charge in [0.25, 0.3) is 0 Å². The molecule has 1 aromatic heterocycles. The molecule has 0 aliphatic carbocycles. The van der Waals surface area contributed by atoms with Crippen molar-refractivity contribution in [3.05, 3.63) is 11.6 Å². The first kappa shape index (κ1) is 9.52. The summed E-state index contributed by atoms with van der Waals surface area (Å²) >= 11 is 1.66. The van der Waals surface area contributed by atoms with Crippen LogP contribution >= 0.6 is 11.3 Å². The summed E-state index contributed by atoms with van der Waals surface area (Å²) in [4.78, 5) is 4.14. The van der Waals surface area contributed by atoms with E-state index in [2.05, 4.69) is 17.2 Å². The van der Waals surface area contributed by atoms with Gasteiger partial charge in [-0.25, -0.2) is 4.98 Å². The van der Waals surface area contributed by atoms with Crippen molar-refractivity contribution >= 4 is 16.5 Å². The van der Waals surface area contributed by atoms with E-state index >= 15 is 0 Å². The van der Waals surface area contributed by atoms with Crippen LogP contribution in [0.25, 0.3) is 0 Å². The highest BCUT2D eigenvalue weighted by molar-refractivity contribution is 7.13. The maximum absolute atomic E-state index is 4.14. The second kappa shape index (κ2) is 6.00. The van der Waals surface area contributed by atoms with Crippen molar-refractivity contribution in [3.8, 4) is 0 Å². The third-order valence-corrected chi connectivity index (χ3v) is 2.47. The lowest BCUT2D eigenvalue weighted by molar-refractivity contribution is 0.685. The Hall–Kier alpha value is -0.570. The third kappa shape index (κ3) is 3.72. The molecule has 0 fully saturated rings. The molecule has 70 valence electrons. The van der Waals surface area contributed by atoms with Crippen LogP contribution in [0.1, 0.15) is 34.0 Å². The predicted octanol–water partition coefficient (Wildman–Crippen LogP) is 3.38. The summed E-state index contributed by atoms with van der Waals surface area (Å²) in [6.07, 6.45) is 7.07. The molecule has 0 aliphatic heterocycles. The zero-order chi connectivity index (χ0) is 8.65. The molecule has 0 aliphatic rings. The number of thiazole rings is 1. The van der Waals surface area contributed by atoms with Gasteiger partial charge in [-0.05, 0) is 6.42 Å². The maximum Gasteiger partial charge on any atom is 0.182 e. The van der Waals surface area contributed by atoms with Crippen LogP contribution in [-0.2, 0) is 0 Å². The highest BCUT2D eigenvalue weighted by Crippen LogP contribution is 2.10. The van der Waals surface area contributed by atoms with E-state index in [1.165, 1.54) is 25.7 Å². The molecule has 0 saturated heterocycles. The summed E-state index contributed by atoms with van der Waals surface area (Å²) in [6, 6.07) is 0. The van der Waals surface area contributed by atoms with E-state index in [1.807, 2.05) is 11.6 Å². The van der Waals surface area contributed by atoms with Crippen molar-refractivity contribution in [2.24, 2.45) is 0 Å². The van der Waals surface area contributed by atoms with Crippen LogP contribution in [0.15, 0.2) is 11.6 Å². The summed E-state index contributed by atoms with van der Waals surface area (Å²) in [6.45, 7) is 3.29. The summed E-state index contributed by atoms with van der Waals surface area (Å²) < 4.78 is 0. The predicted molar refractivity (Wildman–Crippen MR) is 56.9 cm³/mol. The van der Waals surface area contributed by atoms with Crippen molar-refractivity contribution in [1.29, 1.82) is 0 Å². The average molecular weight is 186 g/mol. The Balaban J connectivity index is 0.00000144. The lowest BCUT2D eigenvalue weighted by atomic mass is 10.2. The quantitative estimate of drug-likeness (QED) is 0.689. The van der Waals surface area contributed by atoms with Gasteiger partial charge in [-0.3, -0.25) is 0 Å². The largest absolute Gasteiger partial charge is 0.362 e. The van der Waals surface area contributed by atoms with Crippen LogP contribution in [0.3, 0.4) is 0 Å². The Kier molecular flexibility index (Phi) is 4.76.